The summed E-state index contributed by atoms with van der Waals surface area (Å²) in [5.74, 6) is -0.966. The molecule has 1 unspecified atom stereocenters. The lowest BCUT2D eigenvalue weighted by Gasteiger charge is -2.30. The highest BCUT2D eigenvalue weighted by Crippen LogP contribution is 2.43. The standard InChI is InChI=1S/C28H29FN2O5/c1-15-17-8-7-11-35-24(17)21(29)13-19(15)22-18-10-9-16(14-30)12-20(18)26(32)31(5)23(22)25(27(33)34-6)36-28(2,3)4/h9-10,12-13,25H,7-8,11H2,1-6H3. The SMILES string of the molecule is COC(=O)C(OC(C)(C)C)c1c(-c2cc(F)c3c(c2C)CCCO3)c2ccc(C#N)cc2c(=O)n1C. The van der Waals surface area contributed by atoms with Crippen LogP contribution in [-0.4, -0.2) is 29.9 Å². The molecule has 8 heteroatoms. The molecule has 2 heterocycles. The number of esters is 1. The summed E-state index contributed by atoms with van der Waals surface area (Å²) in [6.07, 6.45) is 0.126. The van der Waals surface area contributed by atoms with E-state index in [1.165, 1.54) is 30.9 Å². The van der Waals surface area contributed by atoms with E-state index in [1.54, 1.807) is 32.9 Å². The van der Waals surface area contributed by atoms with Gasteiger partial charge in [0.15, 0.2) is 17.7 Å². The van der Waals surface area contributed by atoms with Crippen LogP contribution in [0.4, 0.5) is 4.39 Å². The monoisotopic (exact) mass is 492 g/mol. The number of carbonyl (C=O) groups excluding carboxylic acids is 1. The van der Waals surface area contributed by atoms with Crippen LogP contribution in [0.15, 0.2) is 29.1 Å². The van der Waals surface area contributed by atoms with E-state index in [0.717, 1.165) is 17.5 Å². The number of nitrogens with zero attached hydrogens (tertiary/aromatic N) is 2. The maximum atomic E-state index is 15.4. The Kier molecular flexibility index (Phi) is 6.63. The fraction of sp³-hybridized carbons (Fsp3) is 0.393. The first kappa shape index (κ1) is 25.4. The van der Waals surface area contributed by atoms with Crippen molar-refractivity contribution in [3.63, 3.8) is 0 Å². The third-order valence-corrected chi connectivity index (χ3v) is 6.41. The summed E-state index contributed by atoms with van der Waals surface area (Å²) in [6, 6.07) is 8.21. The molecule has 0 saturated heterocycles. The van der Waals surface area contributed by atoms with Gasteiger partial charge < -0.3 is 18.8 Å². The van der Waals surface area contributed by atoms with Crippen LogP contribution >= 0.6 is 0 Å². The Morgan fingerprint density at radius 2 is 1.97 bits per heavy atom. The van der Waals surface area contributed by atoms with E-state index in [0.29, 0.717) is 35.1 Å². The van der Waals surface area contributed by atoms with Crippen molar-refractivity contribution in [2.75, 3.05) is 13.7 Å². The number of hydrogen-bond acceptors (Lipinski definition) is 6. The van der Waals surface area contributed by atoms with Crippen LogP contribution in [0.5, 0.6) is 5.75 Å². The molecule has 1 atom stereocenters. The van der Waals surface area contributed by atoms with Gasteiger partial charge in [0.05, 0.1) is 36.6 Å². The number of halogens is 1. The maximum Gasteiger partial charge on any atom is 0.341 e. The zero-order chi connectivity index (χ0) is 26.4. The number of hydrogen-bond donors (Lipinski definition) is 0. The van der Waals surface area contributed by atoms with Crippen LogP contribution < -0.4 is 10.3 Å². The molecule has 188 valence electrons. The largest absolute Gasteiger partial charge is 0.490 e. The highest BCUT2D eigenvalue weighted by atomic mass is 19.1. The van der Waals surface area contributed by atoms with Gasteiger partial charge in [0.2, 0.25) is 0 Å². The summed E-state index contributed by atoms with van der Waals surface area (Å²) in [6.45, 7) is 7.70. The van der Waals surface area contributed by atoms with Gasteiger partial charge in [-0.15, -0.1) is 0 Å². The molecule has 0 saturated carbocycles. The topological polar surface area (TPSA) is 90.6 Å². The molecule has 1 aliphatic heterocycles. The molecular weight excluding hydrogens is 463 g/mol. The summed E-state index contributed by atoms with van der Waals surface area (Å²) >= 11 is 0. The van der Waals surface area contributed by atoms with Crippen LogP contribution in [0.25, 0.3) is 21.9 Å². The lowest BCUT2D eigenvalue weighted by Crippen LogP contribution is -2.33. The summed E-state index contributed by atoms with van der Waals surface area (Å²) in [5.41, 5.74) is 1.92. The molecule has 1 aromatic heterocycles. The summed E-state index contributed by atoms with van der Waals surface area (Å²) in [5, 5.41) is 10.2. The molecular formula is C28H29FN2O5. The average molecular weight is 493 g/mol. The van der Waals surface area contributed by atoms with E-state index in [1.807, 2.05) is 6.92 Å². The Labute approximate surface area is 209 Å². The van der Waals surface area contributed by atoms with Crippen molar-refractivity contribution in [1.82, 2.24) is 4.57 Å². The second-order valence-corrected chi connectivity index (χ2v) is 9.92. The van der Waals surface area contributed by atoms with Gasteiger partial charge in [-0.1, -0.05) is 6.07 Å². The van der Waals surface area contributed by atoms with Gasteiger partial charge >= 0.3 is 5.97 Å². The summed E-state index contributed by atoms with van der Waals surface area (Å²) in [4.78, 5) is 26.6. The highest BCUT2D eigenvalue weighted by molar-refractivity contribution is 6.00. The highest BCUT2D eigenvalue weighted by Gasteiger charge is 2.35. The van der Waals surface area contributed by atoms with Gasteiger partial charge in [-0.05, 0) is 75.2 Å². The number of nitriles is 1. The number of aromatic nitrogens is 1. The lowest BCUT2D eigenvalue weighted by atomic mass is 9.87. The number of methoxy groups -OCH3 is 1. The predicted molar refractivity (Wildman–Crippen MR) is 133 cm³/mol. The zero-order valence-electron chi connectivity index (χ0n) is 21.3. The second-order valence-electron chi connectivity index (χ2n) is 9.92. The molecule has 0 aliphatic carbocycles. The van der Waals surface area contributed by atoms with Crippen molar-refractivity contribution in [2.24, 2.45) is 7.05 Å². The molecule has 3 aromatic rings. The number of carbonyl (C=O) groups is 1. The first-order valence-electron chi connectivity index (χ1n) is 11.8. The van der Waals surface area contributed by atoms with Crippen molar-refractivity contribution in [1.29, 1.82) is 5.26 Å². The third-order valence-electron chi connectivity index (χ3n) is 6.41. The Morgan fingerprint density at radius 3 is 2.61 bits per heavy atom. The van der Waals surface area contributed by atoms with Crippen molar-refractivity contribution in [3.8, 4) is 22.9 Å². The number of ether oxygens (including phenoxy) is 3. The van der Waals surface area contributed by atoms with Crippen LogP contribution in [0.1, 0.15) is 55.7 Å². The molecule has 0 fully saturated rings. The van der Waals surface area contributed by atoms with Gasteiger partial charge in [0.1, 0.15) is 0 Å². The molecule has 0 spiro atoms. The molecule has 0 bridgehead atoms. The first-order chi connectivity index (χ1) is 17.0. The quantitative estimate of drug-likeness (QED) is 0.482. The Balaban J connectivity index is 2.19. The van der Waals surface area contributed by atoms with Crippen molar-refractivity contribution >= 4 is 16.7 Å². The summed E-state index contributed by atoms with van der Waals surface area (Å²) < 4.78 is 33.5. The second kappa shape index (κ2) is 9.40. The fourth-order valence-electron chi connectivity index (χ4n) is 4.79. The van der Waals surface area contributed by atoms with E-state index in [-0.39, 0.29) is 16.8 Å². The van der Waals surface area contributed by atoms with Crippen LogP contribution in [-0.2, 0) is 27.7 Å². The Morgan fingerprint density at radius 1 is 1.25 bits per heavy atom. The third kappa shape index (κ3) is 4.35. The normalized spacial score (nSPS) is 14.1. The average Bonchev–Trinajstić information content (AvgIpc) is 2.86. The first-order valence-corrected chi connectivity index (χ1v) is 11.8. The fourth-order valence-corrected chi connectivity index (χ4v) is 4.79. The Bertz CT molecular complexity index is 1480. The molecule has 0 radical (unpaired) electrons. The van der Waals surface area contributed by atoms with Gasteiger partial charge in [-0.2, -0.15) is 5.26 Å². The minimum atomic E-state index is -1.27. The van der Waals surface area contributed by atoms with Gasteiger partial charge in [-0.25, -0.2) is 9.18 Å². The molecule has 36 heavy (non-hydrogen) atoms. The van der Waals surface area contributed by atoms with Crippen LogP contribution in [0.2, 0.25) is 0 Å². The van der Waals surface area contributed by atoms with Gasteiger partial charge in [-0.3, -0.25) is 4.79 Å². The van der Waals surface area contributed by atoms with E-state index in [9.17, 15) is 14.9 Å². The molecule has 0 amide bonds. The van der Waals surface area contributed by atoms with Crippen LogP contribution in [0.3, 0.4) is 0 Å². The number of benzene rings is 2. The van der Waals surface area contributed by atoms with E-state index < -0.39 is 29.1 Å². The number of pyridine rings is 1. The Hall–Kier alpha value is -3.70. The maximum absolute atomic E-state index is 15.4. The molecule has 4 rings (SSSR count). The molecule has 0 N–H and O–H groups in total. The number of rotatable bonds is 4. The van der Waals surface area contributed by atoms with E-state index >= 15 is 4.39 Å². The van der Waals surface area contributed by atoms with Gasteiger partial charge in [0.25, 0.3) is 5.56 Å². The smallest absolute Gasteiger partial charge is 0.341 e. The summed E-state index contributed by atoms with van der Waals surface area (Å²) in [7, 11) is 2.79. The zero-order valence-corrected chi connectivity index (χ0v) is 21.3. The van der Waals surface area contributed by atoms with Gasteiger partial charge in [0, 0.05) is 23.6 Å². The number of fused-ring (bicyclic) bond motifs is 2. The predicted octanol–water partition coefficient (Wildman–Crippen LogP) is 4.88. The molecule has 2 aromatic carbocycles. The minimum absolute atomic E-state index is 0.236. The van der Waals surface area contributed by atoms with E-state index in [2.05, 4.69) is 6.07 Å². The van der Waals surface area contributed by atoms with Crippen molar-refractivity contribution in [2.45, 2.75) is 52.2 Å². The van der Waals surface area contributed by atoms with Crippen molar-refractivity contribution in [3.05, 3.63) is 62.8 Å². The lowest BCUT2D eigenvalue weighted by molar-refractivity contribution is -0.165. The van der Waals surface area contributed by atoms with Crippen LogP contribution in [0, 0.1) is 24.1 Å². The molecule has 1 aliphatic rings. The van der Waals surface area contributed by atoms with E-state index in [4.69, 9.17) is 14.2 Å². The van der Waals surface area contributed by atoms with Crippen molar-refractivity contribution < 1.29 is 23.4 Å². The molecule has 7 nitrogen and oxygen atoms in total. The minimum Gasteiger partial charge on any atom is -0.490 e.